The van der Waals surface area contributed by atoms with E-state index in [1.54, 1.807) is 13.0 Å². The first kappa shape index (κ1) is 13.5. The molecule has 0 bridgehead atoms. The molecule has 0 atom stereocenters. The van der Waals surface area contributed by atoms with E-state index in [9.17, 15) is 13.2 Å². The van der Waals surface area contributed by atoms with Gasteiger partial charge in [-0.15, -0.1) is 0 Å². The molecule has 0 N–H and O–H groups in total. The normalized spacial score (nSPS) is 11.4. The Morgan fingerprint density at radius 2 is 1.68 bits per heavy atom. The zero-order valence-electron chi connectivity index (χ0n) is 10.4. The molecule has 2 aromatic rings. The Balaban J connectivity index is 2.15. The minimum Gasteiger partial charge on any atom is -0.489 e. The summed E-state index contributed by atoms with van der Waals surface area (Å²) < 4.78 is 43.4. The fraction of sp³-hybridized carbons (Fsp3) is 0.200. The van der Waals surface area contributed by atoms with Crippen molar-refractivity contribution in [2.45, 2.75) is 19.7 Å². The monoisotopic (exact) mass is 266 g/mol. The van der Waals surface area contributed by atoms with Crippen molar-refractivity contribution in [1.29, 1.82) is 0 Å². The number of aryl methyl sites for hydroxylation is 1. The van der Waals surface area contributed by atoms with Gasteiger partial charge in [0.05, 0.1) is 5.56 Å². The van der Waals surface area contributed by atoms with Crippen molar-refractivity contribution in [3.05, 3.63) is 65.2 Å². The van der Waals surface area contributed by atoms with Crippen LogP contribution in [-0.4, -0.2) is 0 Å². The number of ether oxygens (including phenoxy) is 1. The van der Waals surface area contributed by atoms with Crippen LogP contribution in [-0.2, 0) is 12.8 Å². The molecule has 100 valence electrons. The Hall–Kier alpha value is -1.97. The van der Waals surface area contributed by atoms with Gasteiger partial charge in [-0.2, -0.15) is 13.2 Å². The lowest BCUT2D eigenvalue weighted by Crippen LogP contribution is -2.06. The van der Waals surface area contributed by atoms with Gasteiger partial charge in [0.1, 0.15) is 12.4 Å². The summed E-state index contributed by atoms with van der Waals surface area (Å²) in [7, 11) is 0. The van der Waals surface area contributed by atoms with E-state index in [-0.39, 0.29) is 12.4 Å². The van der Waals surface area contributed by atoms with E-state index in [1.807, 2.05) is 30.3 Å². The summed E-state index contributed by atoms with van der Waals surface area (Å²) in [5.41, 5.74) is 0.756. The molecule has 0 aromatic heterocycles. The molecule has 1 nitrogen and oxygen atoms in total. The smallest absolute Gasteiger partial charge is 0.416 e. The highest BCUT2D eigenvalue weighted by Crippen LogP contribution is 2.32. The first-order valence-corrected chi connectivity index (χ1v) is 5.81. The van der Waals surface area contributed by atoms with Gasteiger partial charge in [0.2, 0.25) is 0 Å². The van der Waals surface area contributed by atoms with Crippen molar-refractivity contribution < 1.29 is 17.9 Å². The average Bonchev–Trinajstić information content (AvgIpc) is 2.36. The predicted octanol–water partition coefficient (Wildman–Crippen LogP) is 4.59. The molecule has 0 aliphatic carbocycles. The molecular formula is C15H13F3O. The minimum absolute atomic E-state index is 0.233. The third-order valence-electron chi connectivity index (χ3n) is 2.63. The van der Waals surface area contributed by atoms with Crippen LogP contribution in [0, 0.1) is 6.92 Å². The van der Waals surface area contributed by atoms with Crippen LogP contribution in [0.15, 0.2) is 48.5 Å². The lowest BCUT2D eigenvalue weighted by atomic mass is 10.1. The van der Waals surface area contributed by atoms with Crippen molar-refractivity contribution in [3.8, 4) is 5.75 Å². The van der Waals surface area contributed by atoms with Gasteiger partial charge in [0.15, 0.2) is 0 Å². The fourth-order valence-electron chi connectivity index (χ4n) is 1.74. The van der Waals surface area contributed by atoms with E-state index in [2.05, 4.69) is 0 Å². The van der Waals surface area contributed by atoms with E-state index in [1.165, 1.54) is 0 Å². The summed E-state index contributed by atoms with van der Waals surface area (Å²) in [5, 5.41) is 0. The summed E-state index contributed by atoms with van der Waals surface area (Å²) in [6, 6.07) is 13.0. The van der Waals surface area contributed by atoms with Gasteiger partial charge in [-0.3, -0.25) is 0 Å². The van der Waals surface area contributed by atoms with Crippen LogP contribution in [0.1, 0.15) is 16.7 Å². The maximum absolute atomic E-state index is 12.7. The number of benzene rings is 2. The number of hydrogen-bond acceptors (Lipinski definition) is 1. The molecule has 4 heteroatoms. The Labute approximate surface area is 109 Å². The molecule has 0 aliphatic rings. The summed E-state index contributed by atoms with van der Waals surface area (Å²) in [4.78, 5) is 0. The first-order valence-electron chi connectivity index (χ1n) is 5.81. The predicted molar refractivity (Wildman–Crippen MR) is 67.0 cm³/mol. The summed E-state index contributed by atoms with van der Waals surface area (Å²) in [6.45, 7) is 1.87. The lowest BCUT2D eigenvalue weighted by Gasteiger charge is -2.12. The quantitative estimate of drug-likeness (QED) is 0.789. The van der Waals surface area contributed by atoms with E-state index in [4.69, 9.17) is 4.74 Å². The Morgan fingerprint density at radius 1 is 1.00 bits per heavy atom. The number of rotatable bonds is 3. The maximum atomic E-state index is 12.7. The van der Waals surface area contributed by atoms with E-state index < -0.39 is 11.7 Å². The van der Waals surface area contributed by atoms with Crippen LogP contribution in [0.2, 0.25) is 0 Å². The van der Waals surface area contributed by atoms with Crippen molar-refractivity contribution in [3.63, 3.8) is 0 Å². The van der Waals surface area contributed by atoms with Crippen LogP contribution >= 0.6 is 0 Å². The highest BCUT2D eigenvalue weighted by molar-refractivity contribution is 5.35. The summed E-state index contributed by atoms with van der Waals surface area (Å²) in [6.07, 6.45) is -4.35. The maximum Gasteiger partial charge on any atom is 0.416 e. The highest BCUT2D eigenvalue weighted by atomic mass is 19.4. The lowest BCUT2D eigenvalue weighted by molar-refractivity contribution is -0.137. The third kappa shape index (κ3) is 3.74. The SMILES string of the molecule is Cc1cc(OCc2ccccc2)cc(C(F)(F)F)c1. The summed E-state index contributed by atoms with van der Waals surface area (Å²) >= 11 is 0. The Morgan fingerprint density at radius 3 is 2.32 bits per heavy atom. The van der Waals surface area contributed by atoms with E-state index >= 15 is 0 Å². The second-order valence-electron chi connectivity index (χ2n) is 4.31. The Kier molecular flexibility index (Phi) is 3.79. The molecule has 0 saturated carbocycles. The molecule has 0 amide bonds. The van der Waals surface area contributed by atoms with Gasteiger partial charge in [-0.05, 0) is 36.2 Å². The number of hydrogen-bond donors (Lipinski definition) is 0. The van der Waals surface area contributed by atoms with Crippen molar-refractivity contribution in [1.82, 2.24) is 0 Å². The molecule has 0 heterocycles. The second kappa shape index (κ2) is 5.34. The van der Waals surface area contributed by atoms with Gasteiger partial charge in [0.25, 0.3) is 0 Å². The molecular weight excluding hydrogens is 253 g/mol. The molecule has 0 fully saturated rings. The van der Waals surface area contributed by atoms with Crippen molar-refractivity contribution in [2.75, 3.05) is 0 Å². The topological polar surface area (TPSA) is 9.23 Å². The zero-order valence-corrected chi connectivity index (χ0v) is 10.4. The molecule has 0 saturated heterocycles. The Bertz CT molecular complexity index is 547. The van der Waals surface area contributed by atoms with Crippen molar-refractivity contribution >= 4 is 0 Å². The molecule has 2 aromatic carbocycles. The van der Waals surface area contributed by atoms with Crippen LogP contribution in [0.4, 0.5) is 13.2 Å². The van der Waals surface area contributed by atoms with E-state index in [0.717, 1.165) is 17.7 Å². The van der Waals surface area contributed by atoms with Gasteiger partial charge in [-0.1, -0.05) is 30.3 Å². The zero-order chi connectivity index (χ0) is 13.9. The number of halogens is 3. The highest BCUT2D eigenvalue weighted by Gasteiger charge is 2.31. The molecule has 2 rings (SSSR count). The fourth-order valence-corrected chi connectivity index (χ4v) is 1.74. The van der Waals surface area contributed by atoms with Gasteiger partial charge in [0, 0.05) is 0 Å². The third-order valence-corrected chi connectivity index (χ3v) is 2.63. The summed E-state index contributed by atoms with van der Waals surface area (Å²) in [5.74, 6) is 0.233. The molecule has 0 unspecified atom stereocenters. The standard InChI is InChI=1S/C15H13F3O/c1-11-7-13(15(16,17)18)9-14(8-11)19-10-12-5-3-2-4-6-12/h2-9H,10H2,1H3. The van der Waals surface area contributed by atoms with Gasteiger partial charge in [-0.25, -0.2) is 0 Å². The second-order valence-corrected chi connectivity index (χ2v) is 4.31. The average molecular weight is 266 g/mol. The van der Waals surface area contributed by atoms with Crippen LogP contribution in [0.3, 0.4) is 0 Å². The molecule has 0 aliphatic heterocycles. The number of alkyl halides is 3. The largest absolute Gasteiger partial charge is 0.489 e. The van der Waals surface area contributed by atoms with Crippen LogP contribution in [0.25, 0.3) is 0 Å². The molecule has 19 heavy (non-hydrogen) atoms. The van der Waals surface area contributed by atoms with Gasteiger partial charge < -0.3 is 4.74 Å². The van der Waals surface area contributed by atoms with Crippen LogP contribution < -0.4 is 4.74 Å². The first-order chi connectivity index (χ1) is 8.95. The minimum atomic E-state index is -4.35. The van der Waals surface area contributed by atoms with Gasteiger partial charge >= 0.3 is 6.18 Å². The van der Waals surface area contributed by atoms with E-state index in [0.29, 0.717) is 5.56 Å². The molecule has 0 radical (unpaired) electrons. The molecule has 0 spiro atoms. The van der Waals surface area contributed by atoms with Crippen molar-refractivity contribution in [2.24, 2.45) is 0 Å². The van der Waals surface area contributed by atoms with Crippen LogP contribution in [0.5, 0.6) is 5.75 Å².